The molecular formula is C27H27N5O4. The lowest BCUT2D eigenvalue weighted by Crippen LogP contribution is -2.70. The van der Waals surface area contributed by atoms with Gasteiger partial charge >= 0.3 is 6.03 Å². The molecule has 0 saturated carbocycles. The first kappa shape index (κ1) is 22.5. The monoisotopic (exact) mass is 485 g/mol. The summed E-state index contributed by atoms with van der Waals surface area (Å²) >= 11 is 0. The van der Waals surface area contributed by atoms with Gasteiger partial charge in [0.1, 0.15) is 11.5 Å². The van der Waals surface area contributed by atoms with E-state index in [2.05, 4.69) is 5.32 Å². The highest BCUT2D eigenvalue weighted by molar-refractivity contribution is 6.20. The highest BCUT2D eigenvalue weighted by atomic mass is 16.2. The zero-order chi connectivity index (χ0) is 25.0. The predicted octanol–water partition coefficient (Wildman–Crippen LogP) is 2.61. The summed E-state index contributed by atoms with van der Waals surface area (Å²) in [5.41, 5.74) is 0.770. The number of anilines is 1. The van der Waals surface area contributed by atoms with Crippen molar-refractivity contribution in [2.75, 3.05) is 18.0 Å². The van der Waals surface area contributed by atoms with E-state index in [1.807, 2.05) is 42.2 Å². The Morgan fingerprint density at radius 3 is 2.69 bits per heavy atom. The average molecular weight is 486 g/mol. The van der Waals surface area contributed by atoms with Gasteiger partial charge in [-0.05, 0) is 36.1 Å². The van der Waals surface area contributed by atoms with Crippen molar-refractivity contribution in [1.29, 1.82) is 0 Å². The summed E-state index contributed by atoms with van der Waals surface area (Å²) < 4.78 is 1.44. The van der Waals surface area contributed by atoms with Crippen LogP contribution in [-0.4, -0.2) is 45.2 Å². The van der Waals surface area contributed by atoms with E-state index in [1.54, 1.807) is 18.3 Å². The van der Waals surface area contributed by atoms with Gasteiger partial charge in [-0.2, -0.15) is 0 Å². The molecule has 1 fully saturated rings. The van der Waals surface area contributed by atoms with Crippen molar-refractivity contribution in [2.24, 2.45) is 5.41 Å². The summed E-state index contributed by atoms with van der Waals surface area (Å²) in [6.45, 7) is 2.77. The molecule has 9 heteroatoms. The Hall–Kier alpha value is -4.01. The topological polar surface area (TPSA) is 104 Å². The largest absolute Gasteiger partial charge is 0.347 e. The van der Waals surface area contributed by atoms with Crippen LogP contribution < -0.4 is 15.8 Å². The van der Waals surface area contributed by atoms with Crippen LogP contribution in [0.5, 0.6) is 0 Å². The molecule has 3 aliphatic heterocycles. The minimum Gasteiger partial charge on any atom is -0.347 e. The third kappa shape index (κ3) is 3.04. The van der Waals surface area contributed by atoms with Crippen molar-refractivity contribution >= 4 is 29.3 Å². The number of fused-ring (bicyclic) bond motifs is 7. The number of hydrogen-bond donors (Lipinski definition) is 1. The van der Waals surface area contributed by atoms with E-state index in [1.165, 1.54) is 9.30 Å². The van der Waals surface area contributed by atoms with Crippen LogP contribution in [0.25, 0.3) is 5.65 Å². The molecule has 4 amide bonds. The lowest BCUT2D eigenvalue weighted by Gasteiger charge is -2.53. The number of barbiturate groups is 1. The quantitative estimate of drug-likeness (QED) is 0.450. The summed E-state index contributed by atoms with van der Waals surface area (Å²) in [7, 11) is 0. The highest BCUT2D eigenvalue weighted by Crippen LogP contribution is 2.52. The van der Waals surface area contributed by atoms with E-state index in [4.69, 9.17) is 4.98 Å². The van der Waals surface area contributed by atoms with Gasteiger partial charge < -0.3 is 4.90 Å². The van der Waals surface area contributed by atoms with E-state index in [0.29, 0.717) is 36.4 Å². The summed E-state index contributed by atoms with van der Waals surface area (Å²) in [6.07, 6.45) is 4.64. The van der Waals surface area contributed by atoms with E-state index < -0.39 is 29.3 Å². The molecule has 5 heterocycles. The van der Waals surface area contributed by atoms with E-state index in [-0.39, 0.29) is 18.5 Å². The summed E-state index contributed by atoms with van der Waals surface area (Å²) in [5.74, 6) is -0.687. The van der Waals surface area contributed by atoms with Crippen molar-refractivity contribution in [3.63, 3.8) is 0 Å². The van der Waals surface area contributed by atoms with Crippen molar-refractivity contribution in [3.05, 3.63) is 75.7 Å². The number of nitrogens with one attached hydrogen (secondary N) is 1. The Morgan fingerprint density at radius 2 is 1.86 bits per heavy atom. The molecule has 0 unspecified atom stereocenters. The number of urea groups is 1. The molecule has 36 heavy (non-hydrogen) atoms. The van der Waals surface area contributed by atoms with Crippen LogP contribution in [0.4, 0.5) is 10.6 Å². The molecule has 6 rings (SSSR count). The molecule has 184 valence electrons. The van der Waals surface area contributed by atoms with Crippen LogP contribution in [0.1, 0.15) is 48.9 Å². The van der Waals surface area contributed by atoms with Crippen molar-refractivity contribution in [1.82, 2.24) is 19.6 Å². The number of hydrogen-bond acceptors (Lipinski definition) is 6. The number of carbonyl (C=O) groups is 3. The molecule has 1 spiro atoms. The smallest absolute Gasteiger partial charge is 0.330 e. The number of unbranched alkanes of at least 4 members (excludes halogenated alkanes) is 2. The van der Waals surface area contributed by atoms with Crippen molar-refractivity contribution in [3.8, 4) is 0 Å². The summed E-state index contributed by atoms with van der Waals surface area (Å²) in [4.78, 5) is 62.4. The Kier molecular flexibility index (Phi) is 5.17. The number of nitrogens with zero attached hydrogens (tertiary/aromatic N) is 4. The van der Waals surface area contributed by atoms with Gasteiger partial charge in [0.2, 0.25) is 11.8 Å². The lowest BCUT2D eigenvalue weighted by atomic mass is 9.65. The molecule has 2 atom stereocenters. The first-order valence-corrected chi connectivity index (χ1v) is 12.5. The number of imide groups is 2. The summed E-state index contributed by atoms with van der Waals surface area (Å²) in [6, 6.07) is 11.7. The van der Waals surface area contributed by atoms with Gasteiger partial charge in [-0.3, -0.25) is 29.0 Å². The summed E-state index contributed by atoms with van der Waals surface area (Å²) in [5, 5.41) is 2.47. The molecule has 1 saturated heterocycles. The number of rotatable bonds is 4. The standard InChI is InChI=1S/C27H27N5O4/c1-2-3-7-14-32-25(35)27(24(34)29-26(32)36)16-19-22(28-20-11-6-8-13-30(20)23(19)33)31-15-12-17-9-4-5-10-18(17)21(27)31/h4-6,8-11,13,21H,2-3,7,12,14-16H2,1H3,(H,29,34,36)/t21-,27-/m1/s1. The Labute approximate surface area is 207 Å². The maximum atomic E-state index is 14.3. The predicted molar refractivity (Wildman–Crippen MR) is 133 cm³/mol. The minimum absolute atomic E-state index is 0.121. The van der Waals surface area contributed by atoms with Gasteiger partial charge in [-0.25, -0.2) is 9.78 Å². The van der Waals surface area contributed by atoms with Crippen LogP contribution in [0, 0.1) is 5.41 Å². The van der Waals surface area contributed by atoms with E-state index in [9.17, 15) is 19.2 Å². The Balaban J connectivity index is 1.60. The van der Waals surface area contributed by atoms with E-state index >= 15 is 0 Å². The molecule has 3 aromatic rings. The molecular weight excluding hydrogens is 458 g/mol. The fraction of sp³-hybridized carbons (Fsp3) is 0.370. The number of benzene rings is 1. The van der Waals surface area contributed by atoms with Gasteiger partial charge in [-0.15, -0.1) is 0 Å². The van der Waals surface area contributed by atoms with Crippen LogP contribution in [0.2, 0.25) is 0 Å². The van der Waals surface area contributed by atoms with Crippen molar-refractivity contribution in [2.45, 2.75) is 45.1 Å². The second kappa shape index (κ2) is 8.29. The maximum absolute atomic E-state index is 14.3. The first-order chi connectivity index (χ1) is 17.5. The normalized spacial score (nSPS) is 22.9. The molecule has 9 nitrogen and oxygen atoms in total. The zero-order valence-corrected chi connectivity index (χ0v) is 20.1. The number of aromatic nitrogens is 2. The second-order valence-electron chi connectivity index (χ2n) is 9.76. The SMILES string of the molecule is CCCCCN1C(=O)NC(=O)[C@]2(Cc3c(nc4ccccn4c3=O)N3CCc4ccccc4[C@@H]32)C1=O. The molecule has 3 aliphatic rings. The third-order valence-electron chi connectivity index (χ3n) is 7.77. The fourth-order valence-electron chi connectivity index (χ4n) is 6.03. The van der Waals surface area contributed by atoms with Crippen molar-refractivity contribution < 1.29 is 14.4 Å². The van der Waals surface area contributed by atoms with Gasteiger partial charge in [0.15, 0.2) is 5.41 Å². The van der Waals surface area contributed by atoms with E-state index in [0.717, 1.165) is 24.0 Å². The second-order valence-corrected chi connectivity index (χ2v) is 9.76. The number of pyridine rings is 1. The lowest BCUT2D eigenvalue weighted by molar-refractivity contribution is -0.154. The van der Waals surface area contributed by atoms with Crippen LogP contribution >= 0.6 is 0 Å². The van der Waals surface area contributed by atoms with Crippen LogP contribution in [0.3, 0.4) is 0 Å². The highest BCUT2D eigenvalue weighted by Gasteiger charge is 2.64. The molecule has 2 aromatic heterocycles. The fourth-order valence-corrected chi connectivity index (χ4v) is 6.03. The number of amides is 4. The first-order valence-electron chi connectivity index (χ1n) is 12.5. The Bertz CT molecular complexity index is 1480. The zero-order valence-electron chi connectivity index (χ0n) is 20.1. The maximum Gasteiger partial charge on any atom is 0.330 e. The van der Waals surface area contributed by atoms with Crippen LogP contribution in [0.15, 0.2) is 53.5 Å². The van der Waals surface area contributed by atoms with Gasteiger partial charge in [0, 0.05) is 25.7 Å². The Morgan fingerprint density at radius 1 is 1.06 bits per heavy atom. The molecule has 1 aromatic carbocycles. The van der Waals surface area contributed by atoms with Gasteiger partial charge in [-0.1, -0.05) is 50.1 Å². The average Bonchev–Trinajstić information content (AvgIpc) is 2.89. The molecule has 0 aliphatic carbocycles. The molecule has 0 radical (unpaired) electrons. The third-order valence-corrected chi connectivity index (χ3v) is 7.77. The minimum atomic E-state index is -1.66. The molecule has 0 bridgehead atoms. The van der Waals surface area contributed by atoms with Gasteiger partial charge in [0.05, 0.1) is 11.6 Å². The molecule has 1 N–H and O–H groups in total. The number of carbonyl (C=O) groups excluding carboxylic acids is 3. The van der Waals surface area contributed by atoms with Crippen LogP contribution in [-0.2, 0) is 22.4 Å². The van der Waals surface area contributed by atoms with Gasteiger partial charge in [0.25, 0.3) is 5.56 Å².